The fourth-order valence-electron chi connectivity index (χ4n) is 1.86. The van der Waals surface area contributed by atoms with Crippen LogP contribution < -0.4 is 15.8 Å². The number of ether oxygens (including phenoxy) is 2. The Morgan fingerprint density at radius 2 is 2.33 bits per heavy atom. The van der Waals surface area contributed by atoms with Gasteiger partial charge < -0.3 is 14.8 Å². The highest BCUT2D eigenvalue weighted by molar-refractivity contribution is 6.00. The summed E-state index contributed by atoms with van der Waals surface area (Å²) in [6, 6.07) is 0. The van der Waals surface area contributed by atoms with Crippen molar-refractivity contribution in [1.82, 2.24) is 20.7 Å². The molecule has 2 N–H and O–H groups in total. The van der Waals surface area contributed by atoms with E-state index in [1.165, 1.54) is 12.5 Å². The van der Waals surface area contributed by atoms with Crippen LogP contribution in [0.2, 0.25) is 0 Å². The van der Waals surface area contributed by atoms with Crippen molar-refractivity contribution in [3.63, 3.8) is 0 Å². The first-order chi connectivity index (χ1) is 8.84. The summed E-state index contributed by atoms with van der Waals surface area (Å²) in [4.78, 5) is 19.5. The second kappa shape index (κ2) is 4.84. The van der Waals surface area contributed by atoms with Gasteiger partial charge in [-0.1, -0.05) is 0 Å². The fraction of sp³-hybridized carbons (Fsp3) is 0.500. The predicted octanol–water partition coefficient (Wildman–Crippen LogP) is -1.14. The average molecular weight is 251 g/mol. The van der Waals surface area contributed by atoms with Crippen molar-refractivity contribution in [2.45, 2.75) is 6.29 Å². The number of amides is 1. The number of carbonyl (C=O) groups excluding carboxylic acids is 1. The molecule has 0 saturated carbocycles. The van der Waals surface area contributed by atoms with E-state index in [4.69, 9.17) is 9.47 Å². The lowest BCUT2D eigenvalue weighted by Gasteiger charge is -2.30. The summed E-state index contributed by atoms with van der Waals surface area (Å²) >= 11 is 0. The van der Waals surface area contributed by atoms with Crippen LogP contribution in [-0.4, -0.2) is 48.6 Å². The molecule has 1 fully saturated rings. The van der Waals surface area contributed by atoms with Gasteiger partial charge in [-0.3, -0.25) is 9.80 Å². The second-order valence-corrected chi connectivity index (χ2v) is 3.89. The van der Waals surface area contributed by atoms with Gasteiger partial charge in [0.05, 0.1) is 19.8 Å². The average Bonchev–Trinajstić information content (AvgIpc) is 2.92. The fourth-order valence-corrected chi connectivity index (χ4v) is 1.86. The van der Waals surface area contributed by atoms with Crippen molar-refractivity contribution in [2.75, 3.05) is 31.4 Å². The van der Waals surface area contributed by atoms with Crippen molar-refractivity contribution < 1.29 is 14.3 Å². The number of nitrogens with zero attached hydrogens (tertiary/aromatic N) is 3. The molecule has 0 unspecified atom stereocenters. The summed E-state index contributed by atoms with van der Waals surface area (Å²) in [5.41, 5.74) is 3.57. The lowest BCUT2D eigenvalue weighted by atomic mass is 10.2. The molecule has 0 atom stereocenters. The number of fused-ring (bicyclic) bond motifs is 1. The van der Waals surface area contributed by atoms with Crippen LogP contribution in [0.5, 0.6) is 0 Å². The molecule has 0 bridgehead atoms. The molecule has 0 spiro atoms. The van der Waals surface area contributed by atoms with Gasteiger partial charge in [-0.15, -0.1) is 0 Å². The highest BCUT2D eigenvalue weighted by atomic mass is 16.7. The van der Waals surface area contributed by atoms with Crippen LogP contribution in [0, 0.1) is 0 Å². The van der Waals surface area contributed by atoms with E-state index >= 15 is 0 Å². The molecule has 1 saturated heterocycles. The van der Waals surface area contributed by atoms with Gasteiger partial charge in [0, 0.05) is 6.20 Å². The number of nitrogens with one attached hydrogen (secondary N) is 2. The van der Waals surface area contributed by atoms with E-state index in [9.17, 15) is 4.79 Å². The maximum atomic E-state index is 11.6. The molecule has 2 aliphatic heterocycles. The van der Waals surface area contributed by atoms with Crippen LogP contribution in [0.4, 0.5) is 5.82 Å². The van der Waals surface area contributed by atoms with E-state index in [1.54, 1.807) is 5.01 Å². The number of hydrazine groups is 1. The second-order valence-electron chi connectivity index (χ2n) is 3.89. The molecular formula is C10H13N5O3. The molecule has 0 aromatic carbocycles. The number of rotatable bonds is 3. The van der Waals surface area contributed by atoms with Crippen LogP contribution in [-0.2, 0) is 9.47 Å². The molecule has 8 heteroatoms. The van der Waals surface area contributed by atoms with Crippen LogP contribution >= 0.6 is 0 Å². The van der Waals surface area contributed by atoms with Gasteiger partial charge in [0.2, 0.25) is 0 Å². The van der Waals surface area contributed by atoms with Gasteiger partial charge in [-0.25, -0.2) is 15.4 Å². The Balaban J connectivity index is 1.69. The normalized spacial score (nSPS) is 19.8. The summed E-state index contributed by atoms with van der Waals surface area (Å²) in [5, 5.41) is 4.47. The van der Waals surface area contributed by atoms with Crippen molar-refractivity contribution >= 4 is 11.7 Å². The smallest absolute Gasteiger partial charge is 0.258 e. The standard InChI is InChI=1S/C10H13N5O3/c16-10-7-3-11-5-12-9(7)15(6-13-10)14-4-8-17-1-2-18-8/h3,5,8,14H,1-2,4,6H2,(H,13,16). The van der Waals surface area contributed by atoms with Crippen molar-refractivity contribution in [2.24, 2.45) is 0 Å². The molecule has 2 aliphatic rings. The van der Waals surface area contributed by atoms with Gasteiger partial charge >= 0.3 is 0 Å². The molecule has 96 valence electrons. The van der Waals surface area contributed by atoms with E-state index in [0.29, 0.717) is 37.8 Å². The van der Waals surface area contributed by atoms with Crippen LogP contribution in [0.1, 0.15) is 10.4 Å². The minimum atomic E-state index is -0.257. The molecule has 3 rings (SSSR count). The molecule has 1 aromatic heterocycles. The van der Waals surface area contributed by atoms with Gasteiger partial charge in [0.25, 0.3) is 5.91 Å². The Kier molecular flexibility index (Phi) is 3.05. The third-order valence-electron chi connectivity index (χ3n) is 2.73. The summed E-state index contributed by atoms with van der Waals surface area (Å²) in [6.45, 7) is 2.07. The van der Waals surface area contributed by atoms with Crippen LogP contribution in [0.3, 0.4) is 0 Å². The largest absolute Gasteiger partial charge is 0.349 e. The number of carbonyl (C=O) groups is 1. The van der Waals surface area contributed by atoms with Crippen LogP contribution in [0.25, 0.3) is 0 Å². The molecule has 18 heavy (non-hydrogen) atoms. The number of hydrogen-bond donors (Lipinski definition) is 2. The Morgan fingerprint density at radius 3 is 3.17 bits per heavy atom. The summed E-state index contributed by atoms with van der Waals surface area (Å²) < 4.78 is 10.6. The van der Waals surface area contributed by atoms with Crippen molar-refractivity contribution in [3.8, 4) is 0 Å². The molecule has 0 radical (unpaired) electrons. The predicted molar refractivity (Wildman–Crippen MR) is 60.5 cm³/mol. The first-order valence-corrected chi connectivity index (χ1v) is 5.67. The molecular weight excluding hydrogens is 238 g/mol. The number of hydrogen-bond acceptors (Lipinski definition) is 7. The van der Waals surface area contributed by atoms with Gasteiger partial charge in [-0.2, -0.15) is 0 Å². The van der Waals surface area contributed by atoms with E-state index in [2.05, 4.69) is 20.7 Å². The summed E-state index contributed by atoms with van der Waals surface area (Å²) in [5.74, 6) is 0.392. The zero-order chi connectivity index (χ0) is 12.4. The Hall–Kier alpha value is -1.77. The molecule has 1 amide bonds. The summed E-state index contributed by atoms with van der Waals surface area (Å²) in [6.07, 6.45) is 2.65. The van der Waals surface area contributed by atoms with E-state index in [0.717, 1.165) is 0 Å². The Bertz CT molecular complexity index is 449. The lowest BCUT2D eigenvalue weighted by molar-refractivity contribution is -0.0394. The Morgan fingerprint density at radius 1 is 1.50 bits per heavy atom. The van der Waals surface area contributed by atoms with E-state index < -0.39 is 0 Å². The third kappa shape index (κ3) is 2.13. The molecule has 3 heterocycles. The van der Waals surface area contributed by atoms with Gasteiger partial charge in [0.1, 0.15) is 18.6 Å². The summed E-state index contributed by atoms with van der Waals surface area (Å²) in [7, 11) is 0. The monoisotopic (exact) mass is 251 g/mol. The third-order valence-corrected chi connectivity index (χ3v) is 2.73. The SMILES string of the molecule is O=C1NCN(NCC2OCCO2)c2ncncc21. The first-order valence-electron chi connectivity index (χ1n) is 5.67. The molecule has 1 aromatic rings. The lowest BCUT2D eigenvalue weighted by Crippen LogP contribution is -2.52. The number of aromatic nitrogens is 2. The highest BCUT2D eigenvalue weighted by Crippen LogP contribution is 2.17. The van der Waals surface area contributed by atoms with Crippen molar-refractivity contribution in [3.05, 3.63) is 18.1 Å². The van der Waals surface area contributed by atoms with Gasteiger partial charge in [-0.05, 0) is 0 Å². The minimum Gasteiger partial charge on any atom is -0.349 e. The van der Waals surface area contributed by atoms with E-state index in [-0.39, 0.29) is 12.2 Å². The van der Waals surface area contributed by atoms with E-state index in [1.807, 2.05) is 0 Å². The zero-order valence-corrected chi connectivity index (χ0v) is 9.63. The minimum absolute atomic E-state index is 0.169. The van der Waals surface area contributed by atoms with Crippen LogP contribution in [0.15, 0.2) is 12.5 Å². The topological polar surface area (TPSA) is 88.6 Å². The maximum absolute atomic E-state index is 11.6. The quantitative estimate of drug-likeness (QED) is 0.702. The zero-order valence-electron chi connectivity index (χ0n) is 9.63. The molecule has 8 nitrogen and oxygen atoms in total. The molecule has 0 aliphatic carbocycles. The first kappa shape index (κ1) is 11.3. The Labute approximate surface area is 103 Å². The maximum Gasteiger partial charge on any atom is 0.258 e. The highest BCUT2D eigenvalue weighted by Gasteiger charge is 2.25. The van der Waals surface area contributed by atoms with Crippen molar-refractivity contribution in [1.29, 1.82) is 0 Å². The van der Waals surface area contributed by atoms with Gasteiger partial charge in [0.15, 0.2) is 12.1 Å². The number of anilines is 1.